The molecule has 0 aliphatic heterocycles. The van der Waals surface area contributed by atoms with E-state index >= 15 is 0 Å². The highest BCUT2D eigenvalue weighted by molar-refractivity contribution is 5.88. The maximum Gasteiger partial charge on any atom is 0.341 e. The third kappa shape index (κ3) is 3.25. The molecule has 0 spiro atoms. The van der Waals surface area contributed by atoms with Gasteiger partial charge in [0.2, 0.25) is 0 Å². The van der Waals surface area contributed by atoms with E-state index in [0.717, 1.165) is 0 Å². The van der Waals surface area contributed by atoms with Crippen molar-refractivity contribution in [3.05, 3.63) is 30.6 Å². The third-order valence-electron chi connectivity index (χ3n) is 3.79. The molecule has 104 valence electrons. The highest BCUT2D eigenvalue weighted by Crippen LogP contribution is 2.33. The first kappa shape index (κ1) is 13.8. The summed E-state index contributed by atoms with van der Waals surface area (Å²) in [6.45, 7) is 6.11. The Bertz CT molecular complexity index is 433. The van der Waals surface area contributed by atoms with Crippen LogP contribution in [0.15, 0.2) is 25.0 Å². The fourth-order valence-corrected chi connectivity index (χ4v) is 2.81. The van der Waals surface area contributed by atoms with Gasteiger partial charge in [-0.3, -0.25) is 4.68 Å². The monoisotopic (exact) mass is 262 g/mol. The molecule has 1 unspecified atom stereocenters. The number of esters is 1. The molecule has 0 amide bonds. The van der Waals surface area contributed by atoms with Crippen LogP contribution in [0.4, 0.5) is 0 Å². The smallest absolute Gasteiger partial charge is 0.341 e. The lowest BCUT2D eigenvalue weighted by molar-refractivity contribution is 0.0526. The molecular formula is C15H22N2O2. The van der Waals surface area contributed by atoms with E-state index in [1.165, 1.54) is 32.1 Å². The maximum absolute atomic E-state index is 11.6. The molecule has 1 saturated carbocycles. The van der Waals surface area contributed by atoms with Gasteiger partial charge < -0.3 is 4.74 Å². The molecule has 2 rings (SSSR count). The molecule has 4 heteroatoms. The van der Waals surface area contributed by atoms with E-state index in [-0.39, 0.29) is 12.0 Å². The molecule has 4 nitrogen and oxygen atoms in total. The van der Waals surface area contributed by atoms with Gasteiger partial charge in [-0.25, -0.2) is 4.79 Å². The van der Waals surface area contributed by atoms with Crippen molar-refractivity contribution < 1.29 is 9.53 Å². The zero-order valence-electron chi connectivity index (χ0n) is 11.5. The molecule has 1 heterocycles. The quantitative estimate of drug-likeness (QED) is 0.603. The van der Waals surface area contributed by atoms with Gasteiger partial charge in [0.25, 0.3) is 0 Å². The summed E-state index contributed by atoms with van der Waals surface area (Å²) in [6.07, 6.45) is 11.6. The molecule has 19 heavy (non-hydrogen) atoms. The minimum atomic E-state index is -0.305. The summed E-state index contributed by atoms with van der Waals surface area (Å²) in [6, 6.07) is 0.184. The second kappa shape index (κ2) is 6.55. The van der Waals surface area contributed by atoms with Gasteiger partial charge in [-0.05, 0) is 25.7 Å². The average molecular weight is 262 g/mol. The van der Waals surface area contributed by atoms with Crippen molar-refractivity contribution in [3.63, 3.8) is 0 Å². The maximum atomic E-state index is 11.6. The SMILES string of the molecule is C=CC(C1CCCCC1)n1cc(C(=O)OCC)cn1. The fraction of sp³-hybridized carbons (Fsp3) is 0.600. The van der Waals surface area contributed by atoms with Gasteiger partial charge in [0.1, 0.15) is 0 Å². The van der Waals surface area contributed by atoms with Crippen LogP contribution in [0.5, 0.6) is 0 Å². The summed E-state index contributed by atoms with van der Waals surface area (Å²) in [4.78, 5) is 11.6. The highest BCUT2D eigenvalue weighted by Gasteiger charge is 2.24. The Labute approximate surface area is 114 Å². The van der Waals surface area contributed by atoms with Gasteiger partial charge in [-0.15, -0.1) is 6.58 Å². The molecule has 1 aliphatic carbocycles. The molecule has 0 saturated heterocycles. The van der Waals surface area contributed by atoms with E-state index in [4.69, 9.17) is 4.74 Å². The fourth-order valence-electron chi connectivity index (χ4n) is 2.81. The topological polar surface area (TPSA) is 44.1 Å². The van der Waals surface area contributed by atoms with Crippen LogP contribution in [0, 0.1) is 5.92 Å². The van der Waals surface area contributed by atoms with Crippen LogP contribution < -0.4 is 0 Å². The van der Waals surface area contributed by atoms with Gasteiger partial charge in [0.05, 0.1) is 24.4 Å². The molecule has 1 atom stereocenters. The van der Waals surface area contributed by atoms with Crippen molar-refractivity contribution >= 4 is 5.97 Å². The molecule has 0 bridgehead atoms. The normalized spacial score (nSPS) is 17.9. The highest BCUT2D eigenvalue weighted by atomic mass is 16.5. The summed E-state index contributed by atoms with van der Waals surface area (Å²) < 4.78 is 6.84. The van der Waals surface area contributed by atoms with Gasteiger partial charge in [-0.1, -0.05) is 25.3 Å². The molecule has 1 aromatic rings. The molecule has 1 fully saturated rings. The van der Waals surface area contributed by atoms with Gasteiger partial charge in [0.15, 0.2) is 0 Å². The van der Waals surface area contributed by atoms with Gasteiger partial charge >= 0.3 is 5.97 Å². The molecule has 1 aliphatic rings. The standard InChI is InChI=1S/C15H22N2O2/c1-3-14(12-8-6-5-7-9-12)17-11-13(10-16-17)15(18)19-4-2/h3,10-12,14H,1,4-9H2,2H3. The lowest BCUT2D eigenvalue weighted by Gasteiger charge is -2.28. The number of rotatable bonds is 5. The minimum absolute atomic E-state index is 0.184. The average Bonchev–Trinajstić information content (AvgIpc) is 2.91. The van der Waals surface area contributed by atoms with Crippen molar-refractivity contribution in [1.82, 2.24) is 9.78 Å². The van der Waals surface area contributed by atoms with Crippen LogP contribution in [0.1, 0.15) is 55.4 Å². The lowest BCUT2D eigenvalue weighted by atomic mass is 9.84. The summed E-state index contributed by atoms with van der Waals surface area (Å²) in [5, 5.41) is 4.31. The molecule has 1 aromatic heterocycles. The summed E-state index contributed by atoms with van der Waals surface area (Å²) >= 11 is 0. The number of carbonyl (C=O) groups is 1. The largest absolute Gasteiger partial charge is 0.462 e. The number of carbonyl (C=O) groups excluding carboxylic acids is 1. The predicted molar refractivity (Wildman–Crippen MR) is 74.0 cm³/mol. The number of ether oxygens (including phenoxy) is 1. The van der Waals surface area contributed by atoms with Crippen LogP contribution in [-0.4, -0.2) is 22.4 Å². The lowest BCUT2D eigenvalue weighted by Crippen LogP contribution is -2.20. The molecule has 0 N–H and O–H groups in total. The molecular weight excluding hydrogens is 240 g/mol. The number of nitrogens with zero attached hydrogens (tertiary/aromatic N) is 2. The van der Waals surface area contributed by atoms with Crippen LogP contribution in [0.25, 0.3) is 0 Å². The Kier molecular flexibility index (Phi) is 4.77. The van der Waals surface area contributed by atoms with Crippen LogP contribution >= 0.6 is 0 Å². The Hall–Kier alpha value is -1.58. The Morgan fingerprint density at radius 2 is 2.32 bits per heavy atom. The number of hydrogen-bond acceptors (Lipinski definition) is 3. The summed E-state index contributed by atoms with van der Waals surface area (Å²) in [7, 11) is 0. The van der Waals surface area contributed by atoms with Crippen LogP contribution in [-0.2, 0) is 4.74 Å². The van der Waals surface area contributed by atoms with E-state index in [0.29, 0.717) is 18.1 Å². The number of allylic oxidation sites excluding steroid dienone is 1. The zero-order chi connectivity index (χ0) is 13.7. The van der Waals surface area contributed by atoms with Crippen molar-refractivity contribution in [3.8, 4) is 0 Å². The first-order valence-electron chi connectivity index (χ1n) is 7.10. The van der Waals surface area contributed by atoms with Crippen molar-refractivity contribution in [1.29, 1.82) is 0 Å². The second-order valence-corrected chi connectivity index (χ2v) is 5.05. The number of hydrogen-bond donors (Lipinski definition) is 0. The van der Waals surface area contributed by atoms with E-state index in [1.807, 2.05) is 10.8 Å². The van der Waals surface area contributed by atoms with E-state index < -0.39 is 0 Å². The van der Waals surface area contributed by atoms with E-state index in [2.05, 4.69) is 11.7 Å². The Balaban J connectivity index is 2.10. The summed E-state index contributed by atoms with van der Waals surface area (Å²) in [5.41, 5.74) is 0.518. The van der Waals surface area contributed by atoms with E-state index in [9.17, 15) is 4.79 Å². The molecule has 0 radical (unpaired) electrons. The minimum Gasteiger partial charge on any atom is -0.462 e. The zero-order valence-corrected chi connectivity index (χ0v) is 11.5. The Morgan fingerprint density at radius 1 is 1.58 bits per heavy atom. The predicted octanol–water partition coefficient (Wildman–Crippen LogP) is 3.37. The van der Waals surface area contributed by atoms with Crippen LogP contribution in [0.2, 0.25) is 0 Å². The first-order valence-corrected chi connectivity index (χ1v) is 7.10. The van der Waals surface area contributed by atoms with Gasteiger partial charge in [-0.2, -0.15) is 5.10 Å². The van der Waals surface area contributed by atoms with Gasteiger partial charge in [0, 0.05) is 6.20 Å². The van der Waals surface area contributed by atoms with Crippen molar-refractivity contribution in [2.75, 3.05) is 6.61 Å². The second-order valence-electron chi connectivity index (χ2n) is 5.05. The Morgan fingerprint density at radius 3 is 2.95 bits per heavy atom. The number of aromatic nitrogens is 2. The summed E-state index contributed by atoms with van der Waals surface area (Å²) in [5.74, 6) is 0.279. The molecule has 0 aromatic carbocycles. The van der Waals surface area contributed by atoms with Crippen LogP contribution in [0.3, 0.4) is 0 Å². The third-order valence-corrected chi connectivity index (χ3v) is 3.79. The van der Waals surface area contributed by atoms with E-state index in [1.54, 1.807) is 19.3 Å². The van der Waals surface area contributed by atoms with Crippen molar-refractivity contribution in [2.24, 2.45) is 5.92 Å². The first-order chi connectivity index (χ1) is 9.26. The van der Waals surface area contributed by atoms with Crippen molar-refractivity contribution in [2.45, 2.75) is 45.1 Å².